The highest BCUT2D eigenvalue weighted by Crippen LogP contribution is 2.24. The lowest BCUT2D eigenvalue weighted by Gasteiger charge is -2.13. The monoisotopic (exact) mass is 391 g/mol. The Kier molecular flexibility index (Phi) is 5.07. The van der Waals surface area contributed by atoms with Gasteiger partial charge in [0.2, 0.25) is 15.3 Å². The lowest BCUT2D eigenvalue weighted by molar-refractivity contribution is 0.414. The minimum Gasteiger partial charge on any atom is -0.497 e. The minimum atomic E-state index is -3.97. The summed E-state index contributed by atoms with van der Waals surface area (Å²) in [7, 11) is -2.47. The van der Waals surface area contributed by atoms with Gasteiger partial charge in [0.25, 0.3) is 0 Å². The number of rotatable bonds is 5. The maximum Gasteiger partial charge on any atom is 0.211 e. The van der Waals surface area contributed by atoms with E-state index in [1.54, 1.807) is 28.8 Å². The van der Waals surface area contributed by atoms with Crippen LogP contribution in [0.2, 0.25) is 5.02 Å². The lowest BCUT2D eigenvalue weighted by Crippen LogP contribution is -2.19. The second-order valence-electron chi connectivity index (χ2n) is 5.86. The molecule has 0 saturated carbocycles. The summed E-state index contributed by atoms with van der Waals surface area (Å²) in [5.74, 6) is 0.539. The second kappa shape index (κ2) is 7.13. The Hall–Kier alpha value is -2.31. The molecule has 0 amide bonds. The summed E-state index contributed by atoms with van der Waals surface area (Å²) < 4.78 is 32.9. The predicted octanol–water partition coefficient (Wildman–Crippen LogP) is 3.91. The highest BCUT2D eigenvalue weighted by Gasteiger charge is 2.24. The molecule has 7 heteroatoms. The Morgan fingerprint density at radius 2 is 1.81 bits per heavy atom. The van der Waals surface area contributed by atoms with E-state index in [9.17, 15) is 13.2 Å². The number of aryl methyl sites for hydroxylation is 1. The van der Waals surface area contributed by atoms with Crippen molar-refractivity contribution in [2.24, 2.45) is 0 Å². The highest BCUT2D eigenvalue weighted by atomic mass is 35.5. The molecule has 0 radical (unpaired) electrons. The van der Waals surface area contributed by atoms with Gasteiger partial charge in [-0.05, 0) is 48.9 Å². The topological polar surface area (TPSA) is 65.4 Å². The van der Waals surface area contributed by atoms with Crippen LogP contribution in [-0.2, 0) is 16.4 Å². The van der Waals surface area contributed by atoms with Crippen molar-refractivity contribution in [1.82, 2.24) is 4.57 Å². The van der Waals surface area contributed by atoms with Crippen LogP contribution >= 0.6 is 11.6 Å². The van der Waals surface area contributed by atoms with E-state index in [-0.39, 0.29) is 9.79 Å². The Balaban J connectivity index is 2.29. The van der Waals surface area contributed by atoms with Crippen LogP contribution in [0.1, 0.15) is 13.3 Å². The summed E-state index contributed by atoms with van der Waals surface area (Å²) in [6.45, 7) is 2.57. The van der Waals surface area contributed by atoms with E-state index in [1.807, 2.05) is 6.92 Å². The summed E-state index contributed by atoms with van der Waals surface area (Å²) in [5, 5.41) is 0.678. The van der Waals surface area contributed by atoms with Gasteiger partial charge < -0.3 is 9.30 Å². The summed E-state index contributed by atoms with van der Waals surface area (Å²) in [5.41, 5.74) is 0.112. The number of pyridine rings is 1. The van der Waals surface area contributed by atoms with Crippen LogP contribution in [-0.4, -0.2) is 20.1 Å². The third-order valence-electron chi connectivity index (χ3n) is 4.13. The van der Waals surface area contributed by atoms with E-state index >= 15 is 0 Å². The number of hydrogen-bond donors (Lipinski definition) is 0. The van der Waals surface area contributed by atoms with Gasteiger partial charge in [0, 0.05) is 23.2 Å². The first-order valence-electron chi connectivity index (χ1n) is 8.10. The van der Waals surface area contributed by atoms with Crippen LogP contribution in [0.4, 0.5) is 0 Å². The number of halogens is 1. The summed E-state index contributed by atoms with van der Waals surface area (Å²) in [6, 6.07) is 10.9. The highest BCUT2D eigenvalue weighted by molar-refractivity contribution is 7.91. The number of methoxy groups -OCH3 is 1. The molecule has 3 rings (SSSR count). The molecule has 1 aromatic heterocycles. The predicted molar refractivity (Wildman–Crippen MR) is 102 cm³/mol. The molecule has 0 unspecified atom stereocenters. The van der Waals surface area contributed by atoms with Gasteiger partial charge in [0.1, 0.15) is 10.6 Å². The molecule has 0 aliphatic carbocycles. The van der Waals surface area contributed by atoms with Gasteiger partial charge in [-0.25, -0.2) is 8.42 Å². The molecule has 5 nitrogen and oxygen atoms in total. The Morgan fingerprint density at radius 1 is 1.12 bits per heavy atom. The molecule has 0 fully saturated rings. The normalized spacial score (nSPS) is 11.7. The van der Waals surface area contributed by atoms with Crippen LogP contribution < -0.4 is 10.2 Å². The quantitative estimate of drug-likeness (QED) is 0.661. The molecular weight excluding hydrogens is 374 g/mol. The SMILES string of the molecule is CCCn1cc(S(=O)(=O)c2ccc(OC)cc2)c(=O)c2cc(Cl)ccc21. The number of sulfone groups is 1. The smallest absolute Gasteiger partial charge is 0.211 e. The minimum absolute atomic E-state index is 0.0415. The molecule has 0 spiro atoms. The zero-order chi connectivity index (χ0) is 18.9. The molecule has 0 aliphatic heterocycles. The largest absolute Gasteiger partial charge is 0.497 e. The number of ether oxygens (including phenoxy) is 1. The van der Waals surface area contributed by atoms with Crippen LogP contribution in [0, 0.1) is 0 Å². The van der Waals surface area contributed by atoms with Crippen molar-refractivity contribution in [1.29, 1.82) is 0 Å². The molecule has 0 saturated heterocycles. The first kappa shape index (κ1) is 18.5. The van der Waals surface area contributed by atoms with E-state index in [1.165, 1.54) is 31.5 Å². The van der Waals surface area contributed by atoms with Gasteiger partial charge in [0.15, 0.2) is 0 Å². The number of fused-ring (bicyclic) bond motifs is 1. The molecule has 136 valence electrons. The van der Waals surface area contributed by atoms with Gasteiger partial charge in [-0.15, -0.1) is 0 Å². The molecule has 1 heterocycles. The fraction of sp³-hybridized carbons (Fsp3) is 0.211. The average Bonchev–Trinajstić information content (AvgIpc) is 2.64. The molecule has 2 aromatic carbocycles. The van der Waals surface area contributed by atoms with Gasteiger partial charge in [-0.2, -0.15) is 0 Å². The number of hydrogen-bond acceptors (Lipinski definition) is 4. The first-order valence-corrected chi connectivity index (χ1v) is 9.96. The molecule has 0 atom stereocenters. The van der Waals surface area contributed by atoms with Crippen LogP contribution in [0.3, 0.4) is 0 Å². The van der Waals surface area contributed by atoms with Gasteiger partial charge in [-0.3, -0.25) is 4.79 Å². The number of nitrogens with zero attached hydrogens (tertiary/aromatic N) is 1. The van der Waals surface area contributed by atoms with Crippen molar-refractivity contribution in [3.8, 4) is 5.75 Å². The maximum atomic E-state index is 13.1. The van der Waals surface area contributed by atoms with Gasteiger partial charge in [-0.1, -0.05) is 18.5 Å². The lowest BCUT2D eigenvalue weighted by atomic mass is 10.2. The maximum absolute atomic E-state index is 13.1. The molecule has 0 aliphatic rings. The van der Waals surface area contributed by atoms with Crippen molar-refractivity contribution >= 4 is 32.3 Å². The molecule has 0 N–H and O–H groups in total. The van der Waals surface area contributed by atoms with Crippen molar-refractivity contribution < 1.29 is 13.2 Å². The molecular formula is C19H18ClNO4S. The number of benzene rings is 2. The van der Waals surface area contributed by atoms with E-state index in [0.717, 1.165) is 6.42 Å². The first-order chi connectivity index (χ1) is 12.4. The zero-order valence-electron chi connectivity index (χ0n) is 14.4. The fourth-order valence-corrected chi connectivity index (χ4v) is 4.38. The molecule has 0 bridgehead atoms. The van der Waals surface area contributed by atoms with Crippen molar-refractivity contribution in [3.63, 3.8) is 0 Å². The third kappa shape index (κ3) is 3.22. The van der Waals surface area contributed by atoms with E-state index in [2.05, 4.69) is 0 Å². The summed E-state index contributed by atoms with van der Waals surface area (Å²) in [4.78, 5) is 12.7. The average molecular weight is 392 g/mol. The van der Waals surface area contributed by atoms with E-state index in [0.29, 0.717) is 28.2 Å². The number of aromatic nitrogens is 1. The van der Waals surface area contributed by atoms with Gasteiger partial charge in [0.05, 0.1) is 17.5 Å². The standard InChI is InChI=1S/C19H18ClNO4S/c1-3-10-21-12-18(19(22)16-11-13(20)4-9-17(16)21)26(23,24)15-7-5-14(25-2)6-8-15/h4-9,11-12H,3,10H2,1-2H3. The van der Waals surface area contributed by atoms with Crippen LogP contribution in [0.25, 0.3) is 10.9 Å². The van der Waals surface area contributed by atoms with Crippen molar-refractivity contribution in [3.05, 3.63) is 63.9 Å². The molecule has 3 aromatic rings. The van der Waals surface area contributed by atoms with Gasteiger partial charge >= 0.3 is 0 Å². The summed E-state index contributed by atoms with van der Waals surface area (Å²) in [6.07, 6.45) is 2.21. The van der Waals surface area contributed by atoms with Crippen LogP contribution in [0.5, 0.6) is 5.75 Å². The Morgan fingerprint density at radius 3 is 2.42 bits per heavy atom. The third-order valence-corrected chi connectivity index (χ3v) is 6.13. The van der Waals surface area contributed by atoms with E-state index in [4.69, 9.17) is 16.3 Å². The fourth-order valence-electron chi connectivity index (χ4n) is 2.84. The second-order valence-corrected chi connectivity index (χ2v) is 8.21. The van der Waals surface area contributed by atoms with Crippen LogP contribution in [0.15, 0.2) is 63.2 Å². The van der Waals surface area contributed by atoms with Crippen molar-refractivity contribution in [2.75, 3.05) is 7.11 Å². The molecule has 26 heavy (non-hydrogen) atoms. The Labute approximate surface area is 156 Å². The zero-order valence-corrected chi connectivity index (χ0v) is 16.0. The Bertz CT molecular complexity index is 1120. The van der Waals surface area contributed by atoms with Crippen molar-refractivity contribution in [2.45, 2.75) is 29.7 Å². The van der Waals surface area contributed by atoms with E-state index < -0.39 is 15.3 Å². The summed E-state index contributed by atoms with van der Waals surface area (Å²) >= 11 is 6.03.